The van der Waals surface area contributed by atoms with Gasteiger partial charge in [0, 0.05) is 12.3 Å². The van der Waals surface area contributed by atoms with Crippen LogP contribution in [-0.2, 0) is 39.0 Å². The molecular formula is C14H17N4NaO9S2. The Kier molecular flexibility index (Phi) is 9.19. The molecule has 13 nitrogen and oxygen atoms in total. The quantitative estimate of drug-likeness (QED) is 0.0965. The number of β-lactam (4-membered cyclic amide) rings is 1. The second-order valence-electron chi connectivity index (χ2n) is 5.79. The molecule has 1 amide bonds. The zero-order chi connectivity index (χ0) is 21.9. The number of nitrogen functional groups attached to an aromatic ring is 1. The number of thiazole rings is 1. The van der Waals surface area contributed by atoms with Crippen LogP contribution in [0, 0.1) is 5.92 Å². The molecule has 3 atom stereocenters. The number of esters is 2. The molecule has 16 heteroatoms. The van der Waals surface area contributed by atoms with Gasteiger partial charge in [-0.15, -0.1) is 11.3 Å². The van der Waals surface area contributed by atoms with E-state index in [1.807, 2.05) is 0 Å². The smallest absolute Gasteiger partial charge is 0.731 e. The van der Waals surface area contributed by atoms with Gasteiger partial charge in [0.25, 0.3) is 0 Å². The van der Waals surface area contributed by atoms with Gasteiger partial charge >= 0.3 is 41.5 Å². The number of aromatic nitrogens is 1. The molecule has 2 N–H and O–H groups in total. The number of ether oxygens (including phenoxy) is 2. The van der Waals surface area contributed by atoms with Crippen LogP contribution in [0.3, 0.4) is 0 Å². The van der Waals surface area contributed by atoms with E-state index in [9.17, 15) is 27.4 Å². The summed E-state index contributed by atoms with van der Waals surface area (Å²) in [7, 11) is -3.95. The largest absolute Gasteiger partial charge is 1.00 e. The first-order valence-electron chi connectivity index (χ1n) is 7.93. The van der Waals surface area contributed by atoms with Crippen LogP contribution in [-0.4, -0.2) is 71.7 Å². The number of carbonyl (C=O) groups is 3. The Morgan fingerprint density at radius 2 is 2.10 bits per heavy atom. The summed E-state index contributed by atoms with van der Waals surface area (Å²) in [4.78, 5) is 44.1. The number of nitrogens with zero attached hydrogens (tertiary/aromatic N) is 3. The van der Waals surface area contributed by atoms with Gasteiger partial charge in [-0.1, -0.05) is 5.16 Å². The van der Waals surface area contributed by atoms with Gasteiger partial charge in [0.1, 0.15) is 31.4 Å². The molecule has 0 saturated carbocycles. The van der Waals surface area contributed by atoms with Gasteiger partial charge < -0.3 is 24.6 Å². The van der Waals surface area contributed by atoms with E-state index < -0.39 is 52.8 Å². The predicted octanol–water partition coefficient (Wildman–Crippen LogP) is -4.14. The average molecular weight is 472 g/mol. The van der Waals surface area contributed by atoms with E-state index in [1.165, 1.54) is 19.4 Å². The van der Waals surface area contributed by atoms with Crippen LogP contribution >= 0.6 is 11.3 Å². The Labute approximate surface area is 197 Å². The van der Waals surface area contributed by atoms with Crippen molar-refractivity contribution in [3.63, 3.8) is 0 Å². The number of oxime groups is 1. The number of hydrogen-bond donors (Lipinski definition) is 1. The van der Waals surface area contributed by atoms with E-state index in [4.69, 9.17) is 15.2 Å². The second kappa shape index (κ2) is 10.5. The molecular weight excluding hydrogens is 455 g/mol. The van der Waals surface area contributed by atoms with Crippen LogP contribution in [0.4, 0.5) is 5.13 Å². The molecule has 0 aromatic carbocycles. The summed E-state index contributed by atoms with van der Waals surface area (Å²) >= 11 is 1.04. The topological polar surface area (TPSA) is 191 Å². The molecule has 1 aromatic rings. The summed E-state index contributed by atoms with van der Waals surface area (Å²) in [5.41, 5.74) is 5.27. The van der Waals surface area contributed by atoms with Gasteiger partial charge in [-0.25, -0.2) is 22.5 Å². The molecule has 2 rings (SSSR count). The minimum atomic E-state index is -5.14. The molecule has 30 heavy (non-hydrogen) atoms. The fourth-order valence-corrected chi connectivity index (χ4v) is 4.09. The van der Waals surface area contributed by atoms with Gasteiger partial charge in [0.15, 0.2) is 15.4 Å². The fourth-order valence-electron chi connectivity index (χ4n) is 2.68. The Morgan fingerprint density at radius 1 is 1.47 bits per heavy atom. The van der Waals surface area contributed by atoms with Crippen molar-refractivity contribution in [1.29, 1.82) is 0 Å². The number of hydrogen-bond acceptors (Lipinski definition) is 13. The molecule has 1 aromatic heterocycles. The van der Waals surface area contributed by atoms with Crippen molar-refractivity contribution in [2.24, 2.45) is 11.1 Å². The number of amides is 1. The van der Waals surface area contributed by atoms with Gasteiger partial charge in [0.05, 0.1) is 6.04 Å². The molecule has 1 saturated heterocycles. The Bertz CT molecular complexity index is 949. The maximum absolute atomic E-state index is 12.5. The summed E-state index contributed by atoms with van der Waals surface area (Å²) in [5.74, 6) is -4.08. The van der Waals surface area contributed by atoms with Gasteiger partial charge in [-0.2, -0.15) is 0 Å². The van der Waals surface area contributed by atoms with Gasteiger partial charge in [-0.3, -0.25) is 9.59 Å². The fraction of sp³-hybridized carbons (Fsp3) is 0.500. The average Bonchev–Trinajstić information content (AvgIpc) is 3.00. The van der Waals surface area contributed by atoms with Crippen LogP contribution in [0.5, 0.6) is 0 Å². The summed E-state index contributed by atoms with van der Waals surface area (Å²) in [6.45, 7) is 1.83. The van der Waals surface area contributed by atoms with Crippen molar-refractivity contribution in [1.82, 2.24) is 9.29 Å². The molecule has 0 unspecified atom stereocenters. The summed E-state index contributed by atoms with van der Waals surface area (Å²) in [6.07, 6.45) is -1.19. The first kappa shape index (κ1) is 26.3. The molecule has 0 aliphatic carbocycles. The van der Waals surface area contributed by atoms with Gasteiger partial charge in [-0.05, 0) is 6.92 Å². The third-order valence-electron chi connectivity index (χ3n) is 3.86. The molecule has 2 heterocycles. The number of carbonyl (C=O) groups excluding carboxylic acids is 3. The van der Waals surface area contributed by atoms with Crippen LogP contribution in [0.1, 0.15) is 19.5 Å². The van der Waals surface area contributed by atoms with E-state index in [0.717, 1.165) is 18.3 Å². The summed E-state index contributed by atoms with van der Waals surface area (Å²) in [5, 5.41) is 5.13. The summed E-state index contributed by atoms with van der Waals surface area (Å²) in [6, 6.07) is -1.31. The van der Waals surface area contributed by atoms with Crippen molar-refractivity contribution >= 4 is 50.3 Å². The normalized spacial score (nSPS) is 19.9. The first-order valence-corrected chi connectivity index (χ1v) is 10.2. The molecule has 0 spiro atoms. The minimum Gasteiger partial charge on any atom is -0.731 e. The van der Waals surface area contributed by atoms with E-state index in [2.05, 4.69) is 15.0 Å². The van der Waals surface area contributed by atoms with E-state index >= 15 is 0 Å². The zero-order valence-electron chi connectivity index (χ0n) is 16.4. The van der Waals surface area contributed by atoms with Crippen LogP contribution in [0.2, 0.25) is 0 Å². The van der Waals surface area contributed by atoms with Crippen molar-refractivity contribution in [2.45, 2.75) is 26.0 Å². The van der Waals surface area contributed by atoms with Gasteiger partial charge in [0.2, 0.25) is 11.6 Å². The first-order chi connectivity index (χ1) is 13.5. The maximum Gasteiger partial charge on any atom is 1.00 e. The molecule has 1 aliphatic rings. The standard InChI is InChI=1S/C14H18N4O9S2.Na/c1-6(27-13(21)11(17-25-3)8-5-28-14(15)16-8)10-9(4-26-7(2)19)18(12(10)20)29(22,23)24;/h5-6,9-10H,4H2,1-3H3,(H2,15,16)(H,22,23,24);/q;+1/p-1/b17-11+;/t6-,9-,10-;/m1./s1. The second-order valence-corrected chi connectivity index (χ2v) is 7.93. The van der Waals surface area contributed by atoms with E-state index in [1.54, 1.807) is 0 Å². The number of anilines is 1. The van der Waals surface area contributed by atoms with Crippen molar-refractivity contribution in [3.8, 4) is 0 Å². The van der Waals surface area contributed by atoms with Crippen molar-refractivity contribution in [2.75, 3.05) is 19.5 Å². The zero-order valence-corrected chi connectivity index (χ0v) is 20.1. The number of rotatable bonds is 8. The van der Waals surface area contributed by atoms with Crippen LogP contribution in [0.15, 0.2) is 10.5 Å². The SMILES string of the molecule is CO/N=C(/C(=O)O[C@H](C)[C@H]1C(=O)N(S(=O)(=O)[O-])[C@@H]1COC(C)=O)c1csc(N)n1.[Na+]. The third-order valence-corrected chi connectivity index (χ3v) is 5.46. The Hall–Kier alpha value is -1.78. The van der Waals surface area contributed by atoms with E-state index in [-0.39, 0.29) is 50.4 Å². The maximum atomic E-state index is 12.5. The predicted molar refractivity (Wildman–Crippen MR) is 96.1 cm³/mol. The molecule has 0 bridgehead atoms. The van der Waals surface area contributed by atoms with E-state index in [0.29, 0.717) is 0 Å². The Morgan fingerprint density at radius 3 is 2.57 bits per heavy atom. The van der Waals surface area contributed by atoms with Crippen molar-refractivity contribution < 1.29 is 71.2 Å². The molecule has 0 radical (unpaired) electrons. The van der Waals surface area contributed by atoms with Crippen LogP contribution < -0.4 is 35.3 Å². The molecule has 1 fully saturated rings. The van der Waals surface area contributed by atoms with Crippen LogP contribution in [0.25, 0.3) is 0 Å². The monoisotopic (exact) mass is 472 g/mol. The van der Waals surface area contributed by atoms with Crippen molar-refractivity contribution in [3.05, 3.63) is 11.1 Å². The number of nitrogens with two attached hydrogens (primary N) is 1. The third kappa shape index (κ3) is 5.89. The molecule has 1 aliphatic heterocycles. The Balaban J connectivity index is 0.00000450. The molecule has 160 valence electrons. The minimum absolute atomic E-state index is 0. The summed E-state index contributed by atoms with van der Waals surface area (Å²) < 4.78 is 43.9.